The summed E-state index contributed by atoms with van der Waals surface area (Å²) in [5, 5.41) is 3.31. The fraction of sp³-hybridized carbons (Fsp3) is 0.571. The Bertz CT molecular complexity index is 302. The third-order valence-electron chi connectivity index (χ3n) is 2.93. The topological polar surface area (TPSA) is 12.0 Å². The first-order chi connectivity index (χ1) is 7.65. The summed E-state index contributed by atoms with van der Waals surface area (Å²) in [6.45, 7) is 4.13. The zero-order chi connectivity index (χ0) is 12.0. The summed E-state index contributed by atoms with van der Waals surface area (Å²) in [4.78, 5) is 0. The van der Waals surface area contributed by atoms with E-state index in [2.05, 4.69) is 18.3 Å². The number of hydrogen-bond donors (Lipinski definition) is 1. The Labute approximate surface area is 98.1 Å². The van der Waals surface area contributed by atoms with E-state index < -0.39 is 0 Å². The van der Waals surface area contributed by atoms with Crippen LogP contribution in [-0.4, -0.2) is 13.1 Å². The minimum absolute atomic E-state index is 0.119. The van der Waals surface area contributed by atoms with Gasteiger partial charge in [-0.1, -0.05) is 19.4 Å². The van der Waals surface area contributed by atoms with E-state index in [9.17, 15) is 4.39 Å². The first-order valence-corrected chi connectivity index (χ1v) is 6.09. The molecular weight excluding hydrogens is 201 g/mol. The van der Waals surface area contributed by atoms with Crippen LogP contribution in [0.15, 0.2) is 18.2 Å². The largest absolute Gasteiger partial charge is 0.317 e. The second kappa shape index (κ2) is 6.64. The molecule has 1 atom stereocenters. The van der Waals surface area contributed by atoms with Gasteiger partial charge in [0.15, 0.2) is 0 Å². The lowest BCUT2D eigenvalue weighted by Crippen LogP contribution is -2.25. The van der Waals surface area contributed by atoms with E-state index in [1.165, 1.54) is 12.8 Å². The Balaban J connectivity index is 2.52. The Morgan fingerprint density at radius 3 is 2.56 bits per heavy atom. The summed E-state index contributed by atoms with van der Waals surface area (Å²) >= 11 is 0. The molecule has 0 aromatic heterocycles. The maximum absolute atomic E-state index is 13.2. The van der Waals surface area contributed by atoms with Crippen LogP contribution in [0.3, 0.4) is 0 Å². The third-order valence-corrected chi connectivity index (χ3v) is 2.93. The molecule has 0 spiro atoms. The van der Waals surface area contributed by atoms with Crippen LogP contribution in [0.4, 0.5) is 4.39 Å². The molecule has 0 radical (unpaired) electrons. The highest BCUT2D eigenvalue weighted by Gasteiger charge is 2.05. The Morgan fingerprint density at radius 1 is 1.25 bits per heavy atom. The first-order valence-electron chi connectivity index (χ1n) is 6.09. The van der Waals surface area contributed by atoms with Gasteiger partial charge in [0.1, 0.15) is 5.82 Å². The van der Waals surface area contributed by atoms with E-state index in [0.29, 0.717) is 6.04 Å². The molecule has 2 heteroatoms. The first kappa shape index (κ1) is 13.2. The van der Waals surface area contributed by atoms with Crippen molar-refractivity contribution in [1.29, 1.82) is 0 Å². The van der Waals surface area contributed by atoms with Crippen molar-refractivity contribution in [2.24, 2.45) is 0 Å². The van der Waals surface area contributed by atoms with Crippen LogP contribution in [0.5, 0.6) is 0 Å². The van der Waals surface area contributed by atoms with Crippen LogP contribution >= 0.6 is 0 Å². The quantitative estimate of drug-likeness (QED) is 0.779. The van der Waals surface area contributed by atoms with Crippen molar-refractivity contribution in [2.75, 3.05) is 7.05 Å². The zero-order valence-electron chi connectivity index (χ0n) is 10.5. The lowest BCUT2D eigenvalue weighted by Gasteiger charge is -2.15. The zero-order valence-corrected chi connectivity index (χ0v) is 10.5. The maximum atomic E-state index is 13.2. The van der Waals surface area contributed by atoms with Gasteiger partial charge in [0.2, 0.25) is 0 Å². The normalized spacial score (nSPS) is 12.8. The number of halogens is 1. The fourth-order valence-corrected chi connectivity index (χ4v) is 2.08. The van der Waals surface area contributed by atoms with Crippen molar-refractivity contribution in [2.45, 2.75) is 45.6 Å². The molecule has 0 fully saturated rings. The van der Waals surface area contributed by atoms with E-state index in [-0.39, 0.29) is 5.82 Å². The predicted molar refractivity (Wildman–Crippen MR) is 67.2 cm³/mol. The molecule has 1 aromatic rings. The highest BCUT2D eigenvalue weighted by atomic mass is 19.1. The van der Waals surface area contributed by atoms with Gasteiger partial charge in [0.05, 0.1) is 0 Å². The molecule has 0 saturated heterocycles. The molecule has 0 aliphatic rings. The standard InChI is InChI=1S/C14H22FN/c1-4-5-14(16-3)7-6-12-8-11(2)9-13(15)10-12/h8-10,14,16H,4-7H2,1-3H3. The van der Waals surface area contributed by atoms with Crippen LogP contribution < -0.4 is 5.32 Å². The molecule has 0 aliphatic carbocycles. The van der Waals surface area contributed by atoms with E-state index in [4.69, 9.17) is 0 Å². The lowest BCUT2D eigenvalue weighted by atomic mass is 10.0. The molecule has 1 N–H and O–H groups in total. The molecular formula is C14H22FN. The summed E-state index contributed by atoms with van der Waals surface area (Å²) in [5.41, 5.74) is 2.11. The average Bonchev–Trinajstić information content (AvgIpc) is 2.23. The molecule has 90 valence electrons. The molecule has 1 aromatic carbocycles. The maximum Gasteiger partial charge on any atom is 0.123 e. The van der Waals surface area contributed by atoms with Gasteiger partial charge >= 0.3 is 0 Å². The number of hydrogen-bond acceptors (Lipinski definition) is 1. The Kier molecular flexibility index (Phi) is 5.47. The van der Waals surface area contributed by atoms with Crippen LogP contribution in [0.1, 0.15) is 37.3 Å². The second-order valence-corrected chi connectivity index (χ2v) is 4.45. The van der Waals surface area contributed by atoms with Crippen molar-refractivity contribution in [3.63, 3.8) is 0 Å². The summed E-state index contributed by atoms with van der Waals surface area (Å²) in [7, 11) is 2.00. The van der Waals surface area contributed by atoms with Crippen molar-refractivity contribution >= 4 is 0 Å². The molecule has 1 rings (SSSR count). The van der Waals surface area contributed by atoms with Crippen LogP contribution in [0.25, 0.3) is 0 Å². The van der Waals surface area contributed by atoms with Gasteiger partial charge in [0.25, 0.3) is 0 Å². The Hall–Kier alpha value is -0.890. The highest BCUT2D eigenvalue weighted by Crippen LogP contribution is 2.12. The van der Waals surface area contributed by atoms with Gasteiger partial charge in [0, 0.05) is 6.04 Å². The molecule has 1 nitrogen and oxygen atoms in total. The predicted octanol–water partition coefficient (Wildman–Crippen LogP) is 3.45. The van der Waals surface area contributed by atoms with E-state index in [1.54, 1.807) is 12.1 Å². The van der Waals surface area contributed by atoms with Crippen LogP contribution in [-0.2, 0) is 6.42 Å². The van der Waals surface area contributed by atoms with Gasteiger partial charge in [-0.25, -0.2) is 4.39 Å². The minimum atomic E-state index is -0.119. The van der Waals surface area contributed by atoms with Crippen LogP contribution in [0.2, 0.25) is 0 Å². The monoisotopic (exact) mass is 223 g/mol. The van der Waals surface area contributed by atoms with Gasteiger partial charge in [-0.15, -0.1) is 0 Å². The van der Waals surface area contributed by atoms with Crippen LogP contribution in [0, 0.1) is 12.7 Å². The summed E-state index contributed by atoms with van der Waals surface area (Å²) < 4.78 is 13.2. The average molecular weight is 223 g/mol. The van der Waals surface area contributed by atoms with E-state index >= 15 is 0 Å². The summed E-state index contributed by atoms with van der Waals surface area (Å²) in [5.74, 6) is -0.119. The van der Waals surface area contributed by atoms with Gasteiger partial charge in [-0.3, -0.25) is 0 Å². The number of benzene rings is 1. The second-order valence-electron chi connectivity index (χ2n) is 4.45. The lowest BCUT2D eigenvalue weighted by molar-refractivity contribution is 0.483. The van der Waals surface area contributed by atoms with Gasteiger partial charge in [-0.05, 0) is 56.5 Å². The molecule has 0 amide bonds. The van der Waals surface area contributed by atoms with Crippen molar-refractivity contribution in [3.8, 4) is 0 Å². The Morgan fingerprint density at radius 2 is 2.00 bits per heavy atom. The minimum Gasteiger partial charge on any atom is -0.317 e. The molecule has 0 saturated carbocycles. The van der Waals surface area contributed by atoms with Gasteiger partial charge < -0.3 is 5.32 Å². The number of nitrogens with one attached hydrogen (secondary N) is 1. The highest BCUT2D eigenvalue weighted by molar-refractivity contribution is 5.23. The molecule has 0 aliphatic heterocycles. The van der Waals surface area contributed by atoms with Crippen molar-refractivity contribution in [3.05, 3.63) is 35.1 Å². The van der Waals surface area contributed by atoms with Crippen molar-refractivity contribution in [1.82, 2.24) is 5.32 Å². The molecule has 0 heterocycles. The third kappa shape index (κ3) is 4.31. The van der Waals surface area contributed by atoms with Crippen molar-refractivity contribution < 1.29 is 4.39 Å². The van der Waals surface area contributed by atoms with Gasteiger partial charge in [-0.2, -0.15) is 0 Å². The fourth-order valence-electron chi connectivity index (χ4n) is 2.08. The molecule has 16 heavy (non-hydrogen) atoms. The van der Waals surface area contributed by atoms with E-state index in [1.807, 2.05) is 14.0 Å². The number of rotatable bonds is 6. The smallest absolute Gasteiger partial charge is 0.123 e. The summed E-state index contributed by atoms with van der Waals surface area (Å²) in [6.07, 6.45) is 4.40. The molecule has 1 unspecified atom stereocenters. The SMILES string of the molecule is CCCC(CCc1cc(C)cc(F)c1)NC. The summed E-state index contributed by atoms with van der Waals surface area (Å²) in [6, 6.07) is 5.84. The molecule has 0 bridgehead atoms. The number of aryl methyl sites for hydroxylation is 2. The van der Waals surface area contributed by atoms with E-state index in [0.717, 1.165) is 24.0 Å².